The molecule has 17 nitrogen and oxygen atoms in total. The highest BCUT2D eigenvalue weighted by molar-refractivity contribution is 7.47. The Kier molecular flexibility index (Phi) is 64.6. The second-order valence-corrected chi connectivity index (χ2v) is 30.5. The zero-order valence-electron chi connectivity index (χ0n) is 60.6. The molecule has 552 valence electrons. The minimum absolute atomic E-state index is 0.105. The third-order valence-corrected chi connectivity index (χ3v) is 19.1. The number of hydrogen-bond donors (Lipinski definition) is 3. The van der Waals surface area contributed by atoms with Crippen LogP contribution in [0.3, 0.4) is 0 Å². The van der Waals surface area contributed by atoms with Crippen LogP contribution in [0.15, 0.2) is 0 Å². The van der Waals surface area contributed by atoms with Gasteiger partial charge in [-0.1, -0.05) is 330 Å². The summed E-state index contributed by atoms with van der Waals surface area (Å²) in [5.41, 5.74) is 0. The number of ether oxygens (including phenoxy) is 4. The highest BCUT2D eigenvalue weighted by Crippen LogP contribution is 2.45. The number of aliphatic hydroxyl groups is 1. The summed E-state index contributed by atoms with van der Waals surface area (Å²) in [6.45, 7) is 9.56. The van der Waals surface area contributed by atoms with Gasteiger partial charge in [0, 0.05) is 25.7 Å². The molecule has 0 saturated carbocycles. The molecule has 0 radical (unpaired) electrons. The first-order valence-electron chi connectivity index (χ1n) is 38.5. The van der Waals surface area contributed by atoms with Gasteiger partial charge in [0.15, 0.2) is 12.2 Å². The molecule has 19 heteroatoms. The maximum absolute atomic E-state index is 13.1. The predicted molar refractivity (Wildman–Crippen MR) is 377 cm³/mol. The van der Waals surface area contributed by atoms with Crippen LogP contribution in [0.4, 0.5) is 0 Å². The van der Waals surface area contributed by atoms with Gasteiger partial charge in [0.2, 0.25) is 0 Å². The number of aliphatic hydroxyl groups excluding tert-OH is 1. The highest BCUT2D eigenvalue weighted by Gasteiger charge is 2.30. The Hall–Kier alpha value is -1.94. The lowest BCUT2D eigenvalue weighted by atomic mass is 10.0. The van der Waals surface area contributed by atoms with Crippen LogP contribution in [0, 0.1) is 11.8 Å². The van der Waals surface area contributed by atoms with Crippen molar-refractivity contribution in [2.24, 2.45) is 11.8 Å². The zero-order valence-corrected chi connectivity index (χ0v) is 62.3. The van der Waals surface area contributed by atoms with Crippen molar-refractivity contribution < 1.29 is 80.2 Å². The molecular weight excluding hydrogens is 1220 g/mol. The molecule has 0 rings (SSSR count). The molecule has 93 heavy (non-hydrogen) atoms. The Balaban J connectivity index is 5.23. The average molecular weight is 1370 g/mol. The van der Waals surface area contributed by atoms with Gasteiger partial charge in [0.25, 0.3) is 0 Å². The summed E-state index contributed by atoms with van der Waals surface area (Å²) in [6, 6.07) is 0. The molecule has 0 spiro atoms. The van der Waals surface area contributed by atoms with E-state index < -0.39 is 97.5 Å². The zero-order chi connectivity index (χ0) is 68.6. The van der Waals surface area contributed by atoms with Gasteiger partial charge in [-0.25, -0.2) is 9.13 Å². The Bertz CT molecular complexity index is 1800. The molecule has 5 atom stereocenters. The number of carbonyl (C=O) groups excluding carboxylic acids is 4. The predicted octanol–water partition coefficient (Wildman–Crippen LogP) is 21.6. The van der Waals surface area contributed by atoms with Crippen LogP contribution in [0.25, 0.3) is 0 Å². The van der Waals surface area contributed by atoms with Crippen molar-refractivity contribution in [3.63, 3.8) is 0 Å². The first-order chi connectivity index (χ1) is 44.9. The lowest BCUT2D eigenvalue weighted by Gasteiger charge is -2.21. The van der Waals surface area contributed by atoms with E-state index >= 15 is 0 Å². The quantitative estimate of drug-likeness (QED) is 0.0222. The van der Waals surface area contributed by atoms with Gasteiger partial charge in [0.1, 0.15) is 19.3 Å². The van der Waals surface area contributed by atoms with Gasteiger partial charge < -0.3 is 33.8 Å². The summed E-state index contributed by atoms with van der Waals surface area (Å²) in [4.78, 5) is 72.7. The number of phosphoric ester groups is 2. The molecule has 0 aliphatic heterocycles. The third kappa shape index (κ3) is 68.4. The molecule has 3 N–H and O–H groups in total. The Morgan fingerprint density at radius 2 is 0.495 bits per heavy atom. The van der Waals surface area contributed by atoms with Gasteiger partial charge in [0.05, 0.1) is 26.4 Å². The second kappa shape index (κ2) is 66.0. The topological polar surface area (TPSA) is 237 Å². The standard InChI is InChI=1S/C74H144O17P2/c1-7-9-11-13-15-17-18-19-20-21-22-23-28-34-40-46-52-58-73(78)90-70(63-85-72(77)57-51-45-39-33-27-25-24-26-31-36-42-48-54-66(3)4)65-89-93(82,83)87-61-68(75)60-86-92(80,81)88-64-69(62-84-71(76)56-50-44-38-30-16-14-12-10-8-2)91-74(79)59-53-47-41-35-29-32-37-43-49-55-67(5)6/h66-70,75H,7-65H2,1-6H3,(H,80,81)(H,82,83)/t68-,69+,70+/m0/s1. The van der Waals surface area contributed by atoms with Crippen molar-refractivity contribution in [2.45, 2.75) is 400 Å². The van der Waals surface area contributed by atoms with Gasteiger partial charge in [-0.2, -0.15) is 0 Å². The van der Waals surface area contributed by atoms with Crippen LogP contribution in [0.5, 0.6) is 0 Å². The molecule has 0 aromatic carbocycles. The molecule has 0 saturated heterocycles. The maximum atomic E-state index is 13.1. The van der Waals surface area contributed by atoms with Crippen LogP contribution in [0.1, 0.15) is 382 Å². The minimum Gasteiger partial charge on any atom is -0.462 e. The van der Waals surface area contributed by atoms with Crippen LogP contribution in [0.2, 0.25) is 0 Å². The first kappa shape index (κ1) is 91.1. The Morgan fingerprint density at radius 1 is 0.290 bits per heavy atom. The van der Waals surface area contributed by atoms with Crippen LogP contribution < -0.4 is 0 Å². The molecule has 0 aliphatic rings. The van der Waals surface area contributed by atoms with Crippen molar-refractivity contribution in [1.82, 2.24) is 0 Å². The Labute approximate surface area is 568 Å². The van der Waals surface area contributed by atoms with Gasteiger partial charge >= 0.3 is 39.5 Å². The van der Waals surface area contributed by atoms with E-state index in [2.05, 4.69) is 41.5 Å². The van der Waals surface area contributed by atoms with E-state index in [0.29, 0.717) is 25.7 Å². The maximum Gasteiger partial charge on any atom is 0.472 e. The van der Waals surface area contributed by atoms with Crippen molar-refractivity contribution in [3.05, 3.63) is 0 Å². The fourth-order valence-corrected chi connectivity index (χ4v) is 12.9. The summed E-state index contributed by atoms with van der Waals surface area (Å²) < 4.78 is 68.4. The molecule has 0 aromatic heterocycles. The van der Waals surface area contributed by atoms with E-state index in [1.807, 2.05) is 0 Å². The number of unbranched alkanes of at least 4 members (excludes halogenated alkanes) is 43. The van der Waals surface area contributed by atoms with E-state index in [1.54, 1.807) is 0 Å². The van der Waals surface area contributed by atoms with Crippen molar-refractivity contribution >= 4 is 39.5 Å². The summed E-state index contributed by atoms with van der Waals surface area (Å²) in [5, 5.41) is 10.6. The molecule has 0 bridgehead atoms. The fraction of sp³-hybridized carbons (Fsp3) is 0.946. The minimum atomic E-state index is -4.96. The van der Waals surface area contributed by atoms with Gasteiger partial charge in [-0.05, 0) is 37.5 Å². The molecule has 0 fully saturated rings. The van der Waals surface area contributed by atoms with E-state index in [1.165, 1.54) is 199 Å². The summed E-state index contributed by atoms with van der Waals surface area (Å²) >= 11 is 0. The number of phosphoric acid groups is 2. The number of esters is 4. The smallest absolute Gasteiger partial charge is 0.462 e. The Morgan fingerprint density at radius 3 is 0.731 bits per heavy atom. The van der Waals surface area contributed by atoms with Crippen LogP contribution in [-0.2, 0) is 65.4 Å². The van der Waals surface area contributed by atoms with E-state index in [-0.39, 0.29) is 25.7 Å². The molecule has 0 aliphatic carbocycles. The van der Waals surface area contributed by atoms with Crippen molar-refractivity contribution in [2.75, 3.05) is 39.6 Å². The largest absolute Gasteiger partial charge is 0.472 e. The summed E-state index contributed by atoms with van der Waals surface area (Å²) in [7, 11) is -9.91. The molecule has 2 unspecified atom stereocenters. The van der Waals surface area contributed by atoms with E-state index in [0.717, 1.165) is 102 Å². The van der Waals surface area contributed by atoms with Crippen molar-refractivity contribution in [1.29, 1.82) is 0 Å². The second-order valence-electron chi connectivity index (χ2n) is 27.6. The van der Waals surface area contributed by atoms with Crippen LogP contribution in [-0.4, -0.2) is 96.7 Å². The number of carbonyl (C=O) groups is 4. The summed E-state index contributed by atoms with van der Waals surface area (Å²) in [6.07, 6.45) is 52.7. The average Bonchev–Trinajstić information content (AvgIpc) is 2.45. The van der Waals surface area contributed by atoms with Crippen molar-refractivity contribution in [3.8, 4) is 0 Å². The lowest BCUT2D eigenvalue weighted by molar-refractivity contribution is -0.161. The van der Waals surface area contributed by atoms with E-state index in [9.17, 15) is 43.2 Å². The highest BCUT2D eigenvalue weighted by atomic mass is 31.2. The van der Waals surface area contributed by atoms with Gasteiger partial charge in [-0.15, -0.1) is 0 Å². The van der Waals surface area contributed by atoms with E-state index in [4.69, 9.17) is 37.0 Å². The molecule has 0 aromatic rings. The fourth-order valence-electron chi connectivity index (χ4n) is 11.3. The molecular formula is C74H144O17P2. The number of rotatable bonds is 73. The lowest BCUT2D eigenvalue weighted by Crippen LogP contribution is -2.30. The SMILES string of the molecule is CCCCCCCCCCCCCCCCCCCC(=O)O[C@H](COC(=O)CCCCCCCCCCCCCCC(C)C)COP(=O)(O)OC[C@@H](O)COP(=O)(O)OC[C@@H](COC(=O)CCCCCCCCCCC)OC(=O)CCCCCCCCCCCC(C)C. The molecule has 0 heterocycles. The van der Waals surface area contributed by atoms with Gasteiger partial charge in [-0.3, -0.25) is 37.3 Å². The summed E-state index contributed by atoms with van der Waals surface area (Å²) in [5.74, 6) is -0.600. The first-order valence-corrected chi connectivity index (χ1v) is 41.5. The molecule has 0 amide bonds. The number of hydrogen-bond acceptors (Lipinski definition) is 15. The third-order valence-electron chi connectivity index (χ3n) is 17.2. The van der Waals surface area contributed by atoms with Crippen LogP contribution >= 0.6 is 15.6 Å². The normalized spacial score (nSPS) is 14.1. The monoisotopic (exact) mass is 1370 g/mol.